The van der Waals surface area contributed by atoms with Crippen LogP contribution in [0.3, 0.4) is 0 Å². The minimum Gasteiger partial charge on any atom is -0.508 e. The molecule has 10 heteroatoms. The molecule has 40 heavy (non-hydrogen) atoms. The van der Waals surface area contributed by atoms with Crippen LogP contribution in [0.15, 0.2) is 18.2 Å². The summed E-state index contributed by atoms with van der Waals surface area (Å²) in [6.07, 6.45) is 2.26. The van der Waals surface area contributed by atoms with E-state index in [2.05, 4.69) is 10.6 Å². The summed E-state index contributed by atoms with van der Waals surface area (Å²) >= 11 is 0. The van der Waals surface area contributed by atoms with E-state index in [0.29, 0.717) is 24.0 Å². The second-order valence-corrected chi connectivity index (χ2v) is 11.0. The van der Waals surface area contributed by atoms with Crippen LogP contribution in [0.1, 0.15) is 97.7 Å². The first-order valence-electron chi connectivity index (χ1n) is 14.3. The third-order valence-electron chi connectivity index (χ3n) is 6.47. The lowest BCUT2D eigenvalue weighted by atomic mass is 9.95. The van der Waals surface area contributed by atoms with Gasteiger partial charge in [0.05, 0.1) is 13.0 Å². The van der Waals surface area contributed by atoms with Crippen molar-refractivity contribution in [3.8, 4) is 5.75 Å². The summed E-state index contributed by atoms with van der Waals surface area (Å²) in [5, 5.41) is 15.7. The molecule has 3 amide bonds. The topological polar surface area (TPSA) is 134 Å². The van der Waals surface area contributed by atoms with Gasteiger partial charge < -0.3 is 30.1 Å². The summed E-state index contributed by atoms with van der Waals surface area (Å²) in [6, 6.07) is 2.78. The Morgan fingerprint density at radius 3 is 2.30 bits per heavy atom. The average molecular weight is 564 g/mol. The van der Waals surface area contributed by atoms with Gasteiger partial charge in [-0.15, -0.1) is 0 Å². The molecular weight excluding hydrogens is 514 g/mol. The molecule has 0 fully saturated rings. The standard InChI is InChI=1S/C30H49N3O7/c1-9-12-13-18-33(28(37)25(20(4)10-2)32-29(38)40-30(6,7)8)26(22-14-15-23(34)21(5)19-22)27(36)31-17-16-24(35)39-11-3/h14-15,19-20,25-26,34H,9-13,16-18H2,1-8H3,(H,31,36)(H,32,38). The van der Waals surface area contributed by atoms with Gasteiger partial charge in [-0.1, -0.05) is 46.1 Å². The molecule has 0 aromatic heterocycles. The Hall–Kier alpha value is -3.30. The highest BCUT2D eigenvalue weighted by atomic mass is 16.6. The Bertz CT molecular complexity index is 990. The van der Waals surface area contributed by atoms with Crippen LogP contribution in [0.5, 0.6) is 5.75 Å². The van der Waals surface area contributed by atoms with Crippen molar-refractivity contribution in [3.63, 3.8) is 0 Å². The van der Waals surface area contributed by atoms with Gasteiger partial charge in [0, 0.05) is 13.1 Å². The number of benzene rings is 1. The number of hydrogen-bond donors (Lipinski definition) is 3. The summed E-state index contributed by atoms with van der Waals surface area (Å²) in [6.45, 7) is 15.0. The maximum Gasteiger partial charge on any atom is 0.408 e. The van der Waals surface area contributed by atoms with E-state index in [9.17, 15) is 24.3 Å². The second-order valence-electron chi connectivity index (χ2n) is 11.0. The SMILES string of the molecule is CCCCCN(C(=O)C(NC(=O)OC(C)(C)C)C(C)CC)C(C(=O)NCCC(=O)OCC)c1ccc(O)c(C)c1. The van der Waals surface area contributed by atoms with Crippen LogP contribution in [-0.2, 0) is 23.9 Å². The Kier molecular flexibility index (Phi) is 14.5. The number of amides is 3. The van der Waals surface area contributed by atoms with Crippen LogP contribution < -0.4 is 10.6 Å². The predicted molar refractivity (Wildman–Crippen MR) is 154 cm³/mol. The number of nitrogens with one attached hydrogen (secondary N) is 2. The van der Waals surface area contributed by atoms with E-state index in [1.807, 2.05) is 20.8 Å². The molecule has 1 aromatic rings. The Morgan fingerprint density at radius 1 is 1.07 bits per heavy atom. The molecule has 0 saturated carbocycles. The highest BCUT2D eigenvalue weighted by molar-refractivity contribution is 5.92. The van der Waals surface area contributed by atoms with Gasteiger partial charge in [0.15, 0.2) is 0 Å². The van der Waals surface area contributed by atoms with Gasteiger partial charge in [-0.05, 0) is 70.2 Å². The van der Waals surface area contributed by atoms with Crippen molar-refractivity contribution in [2.45, 2.75) is 105 Å². The molecule has 0 aliphatic carbocycles. The van der Waals surface area contributed by atoms with Crippen molar-refractivity contribution in [1.82, 2.24) is 15.5 Å². The number of hydrogen-bond acceptors (Lipinski definition) is 7. The molecule has 0 aliphatic heterocycles. The molecular formula is C30H49N3O7. The number of alkyl carbamates (subject to hydrolysis) is 1. The zero-order valence-corrected chi connectivity index (χ0v) is 25.5. The number of aromatic hydroxyl groups is 1. The van der Waals surface area contributed by atoms with E-state index < -0.39 is 41.6 Å². The van der Waals surface area contributed by atoms with E-state index in [-0.39, 0.29) is 37.8 Å². The lowest BCUT2D eigenvalue weighted by Crippen LogP contribution is -2.55. The Morgan fingerprint density at radius 2 is 1.75 bits per heavy atom. The van der Waals surface area contributed by atoms with Crippen molar-refractivity contribution in [2.24, 2.45) is 5.92 Å². The third kappa shape index (κ3) is 11.4. The van der Waals surface area contributed by atoms with Crippen LogP contribution in [0.4, 0.5) is 4.79 Å². The molecule has 0 aliphatic rings. The number of esters is 1. The molecule has 0 radical (unpaired) electrons. The molecule has 0 saturated heterocycles. The van der Waals surface area contributed by atoms with E-state index in [1.165, 1.54) is 11.0 Å². The fourth-order valence-electron chi connectivity index (χ4n) is 4.13. The fraction of sp³-hybridized carbons (Fsp3) is 0.667. The average Bonchev–Trinajstić information content (AvgIpc) is 2.87. The maximum absolute atomic E-state index is 14.2. The van der Waals surface area contributed by atoms with E-state index in [4.69, 9.17) is 9.47 Å². The lowest BCUT2D eigenvalue weighted by Gasteiger charge is -2.36. The molecule has 0 spiro atoms. The van der Waals surface area contributed by atoms with Gasteiger partial charge in [0.1, 0.15) is 23.4 Å². The van der Waals surface area contributed by atoms with Gasteiger partial charge in [-0.3, -0.25) is 14.4 Å². The van der Waals surface area contributed by atoms with Crippen LogP contribution in [-0.4, -0.2) is 65.2 Å². The van der Waals surface area contributed by atoms with Crippen LogP contribution in [0.25, 0.3) is 0 Å². The predicted octanol–water partition coefficient (Wildman–Crippen LogP) is 4.77. The van der Waals surface area contributed by atoms with Crippen LogP contribution in [0.2, 0.25) is 0 Å². The molecule has 0 bridgehead atoms. The minimum absolute atomic E-state index is 0.0135. The summed E-state index contributed by atoms with van der Waals surface area (Å²) < 4.78 is 10.4. The van der Waals surface area contributed by atoms with Gasteiger partial charge in [0.2, 0.25) is 11.8 Å². The normalized spacial score (nSPS) is 13.5. The number of phenolic OH excluding ortho intramolecular Hbond substituents is 1. The highest BCUT2D eigenvalue weighted by Gasteiger charge is 2.38. The molecule has 1 aromatic carbocycles. The van der Waals surface area contributed by atoms with Crippen molar-refractivity contribution in [2.75, 3.05) is 19.7 Å². The molecule has 10 nitrogen and oxygen atoms in total. The number of rotatable bonds is 15. The van der Waals surface area contributed by atoms with Gasteiger partial charge in [-0.25, -0.2) is 4.79 Å². The fourth-order valence-corrected chi connectivity index (χ4v) is 4.13. The van der Waals surface area contributed by atoms with Crippen molar-refractivity contribution in [1.29, 1.82) is 0 Å². The van der Waals surface area contributed by atoms with Crippen molar-refractivity contribution < 1.29 is 33.8 Å². The quantitative estimate of drug-likeness (QED) is 0.207. The van der Waals surface area contributed by atoms with E-state index in [0.717, 1.165) is 12.8 Å². The Balaban J connectivity index is 3.51. The number of carbonyl (C=O) groups excluding carboxylic acids is 4. The first-order valence-corrected chi connectivity index (χ1v) is 14.3. The lowest BCUT2D eigenvalue weighted by molar-refractivity contribution is -0.145. The number of carbonyl (C=O) groups is 4. The van der Waals surface area contributed by atoms with E-state index in [1.54, 1.807) is 46.8 Å². The number of ether oxygens (including phenoxy) is 2. The first kappa shape index (κ1) is 34.7. The smallest absolute Gasteiger partial charge is 0.408 e. The highest BCUT2D eigenvalue weighted by Crippen LogP contribution is 2.28. The van der Waals surface area contributed by atoms with Crippen LogP contribution in [0, 0.1) is 12.8 Å². The van der Waals surface area contributed by atoms with E-state index >= 15 is 0 Å². The Labute approximate surface area is 239 Å². The van der Waals surface area contributed by atoms with Crippen molar-refractivity contribution >= 4 is 23.9 Å². The monoisotopic (exact) mass is 563 g/mol. The minimum atomic E-state index is -1.06. The zero-order chi connectivity index (χ0) is 30.5. The maximum atomic E-state index is 14.2. The second kappa shape index (κ2) is 16.7. The summed E-state index contributed by atoms with van der Waals surface area (Å²) in [4.78, 5) is 54.0. The summed E-state index contributed by atoms with van der Waals surface area (Å²) in [7, 11) is 0. The molecule has 3 atom stereocenters. The number of aryl methyl sites for hydroxylation is 1. The largest absolute Gasteiger partial charge is 0.508 e. The van der Waals surface area contributed by atoms with Crippen LogP contribution >= 0.6 is 0 Å². The number of unbranched alkanes of at least 4 members (excludes halogenated alkanes) is 2. The van der Waals surface area contributed by atoms with Crippen molar-refractivity contribution in [3.05, 3.63) is 29.3 Å². The summed E-state index contributed by atoms with van der Waals surface area (Å²) in [5.41, 5.74) is 0.306. The molecule has 1 rings (SSSR count). The van der Waals surface area contributed by atoms with Gasteiger partial charge in [-0.2, -0.15) is 0 Å². The first-order chi connectivity index (χ1) is 18.7. The number of phenols is 1. The third-order valence-corrected chi connectivity index (χ3v) is 6.47. The molecule has 226 valence electrons. The molecule has 3 N–H and O–H groups in total. The summed E-state index contributed by atoms with van der Waals surface area (Å²) in [5.74, 6) is -1.50. The van der Waals surface area contributed by atoms with Gasteiger partial charge >= 0.3 is 12.1 Å². The van der Waals surface area contributed by atoms with Gasteiger partial charge in [0.25, 0.3) is 0 Å². The zero-order valence-electron chi connectivity index (χ0n) is 25.5. The molecule has 0 heterocycles. The molecule has 3 unspecified atom stereocenters. The number of nitrogens with zero attached hydrogens (tertiary/aromatic N) is 1.